The van der Waals surface area contributed by atoms with Crippen LogP contribution in [0.1, 0.15) is 58.3 Å². The molecule has 0 aromatic carbocycles. The second kappa shape index (κ2) is 7.28. The van der Waals surface area contributed by atoms with Gasteiger partial charge in [-0.15, -0.1) is 0 Å². The van der Waals surface area contributed by atoms with Crippen molar-refractivity contribution in [2.24, 2.45) is 23.7 Å². The van der Waals surface area contributed by atoms with E-state index in [0.29, 0.717) is 18.3 Å². The Hall–Kier alpha value is -1.06. The average molecular weight is 295 g/mol. The normalized spacial score (nSPS) is 30.3. The summed E-state index contributed by atoms with van der Waals surface area (Å²) >= 11 is 0. The maximum absolute atomic E-state index is 12.7. The predicted molar refractivity (Wildman–Crippen MR) is 81.8 cm³/mol. The van der Waals surface area contributed by atoms with Gasteiger partial charge in [0.15, 0.2) is 0 Å². The standard InChI is InChI=1S/C17H29NO3/c1-3-12-9-14(15(10-12)17(20)21)16(19)18(2)11-13-7-5-4-6-8-13/h12-15H,3-11H2,1-2H3,(H,20,21)/t12?,14-,15+/m0/s1. The molecule has 0 aromatic rings. The van der Waals surface area contributed by atoms with E-state index in [4.69, 9.17) is 0 Å². The molecule has 2 aliphatic rings. The first-order valence-electron chi connectivity index (χ1n) is 8.50. The van der Waals surface area contributed by atoms with Gasteiger partial charge in [-0.25, -0.2) is 0 Å². The Labute approximate surface area is 127 Å². The molecule has 0 radical (unpaired) electrons. The van der Waals surface area contributed by atoms with Gasteiger partial charge in [-0.2, -0.15) is 0 Å². The van der Waals surface area contributed by atoms with Gasteiger partial charge in [-0.05, 0) is 37.5 Å². The van der Waals surface area contributed by atoms with Crippen molar-refractivity contribution in [2.75, 3.05) is 13.6 Å². The van der Waals surface area contributed by atoms with Crippen LogP contribution in [0.2, 0.25) is 0 Å². The lowest BCUT2D eigenvalue weighted by Gasteiger charge is -2.29. The third-order valence-electron chi connectivity index (χ3n) is 5.51. The summed E-state index contributed by atoms with van der Waals surface area (Å²) in [6.45, 7) is 2.89. The summed E-state index contributed by atoms with van der Waals surface area (Å²) in [4.78, 5) is 25.9. The average Bonchev–Trinajstić information content (AvgIpc) is 2.92. The molecular weight excluding hydrogens is 266 g/mol. The summed E-state index contributed by atoms with van der Waals surface area (Å²) < 4.78 is 0. The van der Waals surface area contributed by atoms with Gasteiger partial charge >= 0.3 is 5.97 Å². The SMILES string of the molecule is CCC1C[C@H](C(=O)N(C)CC2CCCCC2)[C@H](C(=O)O)C1. The van der Waals surface area contributed by atoms with Crippen LogP contribution in [0.5, 0.6) is 0 Å². The summed E-state index contributed by atoms with van der Waals surface area (Å²) in [5.74, 6) is -0.515. The van der Waals surface area contributed by atoms with Crippen molar-refractivity contribution in [3.63, 3.8) is 0 Å². The Balaban J connectivity index is 1.94. The van der Waals surface area contributed by atoms with Crippen LogP contribution in [0.15, 0.2) is 0 Å². The number of hydrogen-bond acceptors (Lipinski definition) is 2. The van der Waals surface area contributed by atoms with Crippen molar-refractivity contribution in [3.8, 4) is 0 Å². The van der Waals surface area contributed by atoms with Crippen LogP contribution in [0, 0.1) is 23.7 Å². The number of hydrogen-bond donors (Lipinski definition) is 1. The number of carbonyl (C=O) groups is 2. The minimum atomic E-state index is -0.796. The maximum atomic E-state index is 12.7. The fraction of sp³-hybridized carbons (Fsp3) is 0.882. The van der Waals surface area contributed by atoms with E-state index in [2.05, 4.69) is 6.92 Å². The highest BCUT2D eigenvalue weighted by molar-refractivity contribution is 5.85. The van der Waals surface area contributed by atoms with E-state index in [1.54, 1.807) is 0 Å². The molecule has 2 fully saturated rings. The van der Waals surface area contributed by atoms with E-state index >= 15 is 0 Å². The zero-order chi connectivity index (χ0) is 15.4. The minimum absolute atomic E-state index is 0.0592. The number of amides is 1. The lowest BCUT2D eigenvalue weighted by molar-refractivity contribution is -0.148. The van der Waals surface area contributed by atoms with Gasteiger partial charge in [0.05, 0.1) is 11.8 Å². The Morgan fingerprint density at radius 1 is 1.05 bits per heavy atom. The topological polar surface area (TPSA) is 57.6 Å². The van der Waals surface area contributed by atoms with E-state index in [0.717, 1.165) is 19.4 Å². The second-order valence-electron chi connectivity index (χ2n) is 7.02. The molecule has 1 N–H and O–H groups in total. The summed E-state index contributed by atoms with van der Waals surface area (Å²) in [5.41, 5.74) is 0. The minimum Gasteiger partial charge on any atom is -0.481 e. The molecule has 120 valence electrons. The smallest absolute Gasteiger partial charge is 0.307 e. The first-order valence-corrected chi connectivity index (χ1v) is 8.50. The molecule has 0 spiro atoms. The molecule has 1 amide bonds. The molecule has 0 bridgehead atoms. The molecule has 3 atom stereocenters. The zero-order valence-corrected chi connectivity index (χ0v) is 13.4. The van der Waals surface area contributed by atoms with Crippen molar-refractivity contribution in [1.29, 1.82) is 0 Å². The highest BCUT2D eigenvalue weighted by Crippen LogP contribution is 2.39. The van der Waals surface area contributed by atoms with Crippen LogP contribution in [0.4, 0.5) is 0 Å². The molecule has 2 aliphatic carbocycles. The number of carboxylic acids is 1. The van der Waals surface area contributed by atoms with E-state index in [-0.39, 0.29) is 11.8 Å². The van der Waals surface area contributed by atoms with Crippen LogP contribution >= 0.6 is 0 Å². The molecule has 21 heavy (non-hydrogen) atoms. The lowest BCUT2D eigenvalue weighted by atomic mass is 9.88. The molecule has 1 unspecified atom stereocenters. The first kappa shape index (κ1) is 16.3. The van der Waals surface area contributed by atoms with Crippen LogP contribution < -0.4 is 0 Å². The van der Waals surface area contributed by atoms with Crippen LogP contribution in [0.25, 0.3) is 0 Å². The fourth-order valence-electron chi connectivity index (χ4n) is 4.15. The van der Waals surface area contributed by atoms with E-state index in [9.17, 15) is 14.7 Å². The summed E-state index contributed by atoms with van der Waals surface area (Å²) in [6, 6.07) is 0. The van der Waals surface area contributed by atoms with E-state index < -0.39 is 11.9 Å². The number of nitrogens with zero attached hydrogens (tertiary/aromatic N) is 1. The molecule has 0 saturated heterocycles. The Morgan fingerprint density at radius 2 is 1.67 bits per heavy atom. The molecule has 0 heterocycles. The van der Waals surface area contributed by atoms with Gasteiger partial charge in [-0.3, -0.25) is 9.59 Å². The van der Waals surface area contributed by atoms with Crippen molar-refractivity contribution in [3.05, 3.63) is 0 Å². The van der Waals surface area contributed by atoms with Crippen molar-refractivity contribution >= 4 is 11.9 Å². The third-order valence-corrected chi connectivity index (χ3v) is 5.51. The molecule has 0 aliphatic heterocycles. The number of aliphatic carboxylic acids is 1. The Kier molecular flexibility index (Phi) is 5.65. The van der Waals surface area contributed by atoms with Gasteiger partial charge in [-0.1, -0.05) is 32.6 Å². The van der Waals surface area contributed by atoms with Crippen molar-refractivity contribution in [1.82, 2.24) is 4.90 Å². The zero-order valence-electron chi connectivity index (χ0n) is 13.4. The summed E-state index contributed by atoms with van der Waals surface area (Å²) in [7, 11) is 1.86. The Morgan fingerprint density at radius 3 is 2.24 bits per heavy atom. The van der Waals surface area contributed by atoms with Crippen molar-refractivity contribution in [2.45, 2.75) is 58.3 Å². The van der Waals surface area contributed by atoms with Crippen LogP contribution in [-0.4, -0.2) is 35.5 Å². The first-order chi connectivity index (χ1) is 10.0. The number of carbonyl (C=O) groups excluding carboxylic acids is 1. The van der Waals surface area contributed by atoms with E-state index in [1.165, 1.54) is 32.1 Å². The van der Waals surface area contributed by atoms with Gasteiger partial charge in [0.25, 0.3) is 0 Å². The second-order valence-corrected chi connectivity index (χ2v) is 7.02. The number of rotatable bonds is 5. The predicted octanol–water partition coefficient (Wildman–Crippen LogP) is 3.16. The number of carboxylic acid groups (broad SMARTS) is 1. The molecule has 4 heteroatoms. The molecule has 0 aromatic heterocycles. The molecule has 4 nitrogen and oxygen atoms in total. The highest BCUT2D eigenvalue weighted by Gasteiger charge is 2.43. The fourth-order valence-corrected chi connectivity index (χ4v) is 4.15. The molecule has 2 rings (SSSR count). The highest BCUT2D eigenvalue weighted by atomic mass is 16.4. The van der Waals surface area contributed by atoms with E-state index in [1.807, 2.05) is 11.9 Å². The largest absolute Gasteiger partial charge is 0.481 e. The third kappa shape index (κ3) is 3.98. The quantitative estimate of drug-likeness (QED) is 0.847. The van der Waals surface area contributed by atoms with Crippen molar-refractivity contribution < 1.29 is 14.7 Å². The van der Waals surface area contributed by atoms with Gasteiger partial charge < -0.3 is 10.0 Å². The van der Waals surface area contributed by atoms with Crippen LogP contribution in [0.3, 0.4) is 0 Å². The molecule has 2 saturated carbocycles. The molecular formula is C17H29NO3. The van der Waals surface area contributed by atoms with Gasteiger partial charge in [0.2, 0.25) is 5.91 Å². The van der Waals surface area contributed by atoms with Gasteiger partial charge in [0, 0.05) is 13.6 Å². The lowest BCUT2D eigenvalue weighted by Crippen LogP contribution is -2.39. The van der Waals surface area contributed by atoms with Crippen LogP contribution in [-0.2, 0) is 9.59 Å². The Bertz CT molecular complexity index is 376. The summed E-state index contributed by atoms with van der Waals surface area (Å²) in [6.07, 6.45) is 8.67. The van der Waals surface area contributed by atoms with Gasteiger partial charge in [0.1, 0.15) is 0 Å². The monoisotopic (exact) mass is 295 g/mol. The maximum Gasteiger partial charge on any atom is 0.307 e. The summed E-state index contributed by atoms with van der Waals surface area (Å²) in [5, 5.41) is 9.38.